The number of anilines is 2. The third-order valence-electron chi connectivity index (χ3n) is 4.54. The second-order valence-corrected chi connectivity index (χ2v) is 9.12. The first-order valence-electron chi connectivity index (χ1n) is 9.78. The van der Waals surface area contributed by atoms with E-state index in [4.69, 9.17) is 4.74 Å². The van der Waals surface area contributed by atoms with Gasteiger partial charge in [0.15, 0.2) is 16.4 Å². The Morgan fingerprint density at radius 3 is 2.28 bits per heavy atom. The van der Waals surface area contributed by atoms with E-state index < -0.39 is 40.5 Å². The summed E-state index contributed by atoms with van der Waals surface area (Å²) in [6.07, 6.45) is -0.392. The summed E-state index contributed by atoms with van der Waals surface area (Å²) in [5.41, 5.74) is 1.06. The monoisotopic (exact) mass is 454 g/mol. The normalized spacial score (nSPS) is 11.0. The average Bonchev–Trinajstić information content (AvgIpc) is 2.76. The summed E-state index contributed by atoms with van der Waals surface area (Å²) in [4.78, 5) is 35.2. The lowest BCUT2D eigenvalue weighted by Gasteiger charge is -2.09. The van der Waals surface area contributed by atoms with E-state index in [0.29, 0.717) is 11.4 Å². The van der Waals surface area contributed by atoms with Crippen molar-refractivity contribution in [2.75, 3.05) is 23.0 Å². The number of carbonyl (C=O) groups is 3. The van der Waals surface area contributed by atoms with E-state index in [1.165, 1.54) is 31.2 Å². The van der Waals surface area contributed by atoms with Gasteiger partial charge in [-0.1, -0.05) is 36.4 Å². The number of amides is 2. The van der Waals surface area contributed by atoms with E-state index in [2.05, 4.69) is 10.6 Å². The van der Waals surface area contributed by atoms with Crippen molar-refractivity contribution < 1.29 is 27.5 Å². The van der Waals surface area contributed by atoms with Crippen LogP contribution in [0.15, 0.2) is 71.6 Å². The quantitative estimate of drug-likeness (QED) is 0.505. The van der Waals surface area contributed by atoms with Gasteiger partial charge in [0.2, 0.25) is 5.91 Å². The lowest BCUT2D eigenvalue weighted by Crippen LogP contribution is -2.22. The molecule has 3 rings (SSSR count). The molecule has 0 fully saturated rings. The molecule has 8 nitrogen and oxygen atoms in total. The Morgan fingerprint density at radius 1 is 0.875 bits per heavy atom. The number of rotatable bonds is 8. The van der Waals surface area contributed by atoms with E-state index in [-0.39, 0.29) is 10.8 Å². The van der Waals surface area contributed by atoms with Gasteiger partial charge < -0.3 is 15.4 Å². The highest BCUT2D eigenvalue weighted by molar-refractivity contribution is 7.91. The Hall–Kier alpha value is -3.72. The molecule has 0 bridgehead atoms. The van der Waals surface area contributed by atoms with Gasteiger partial charge in [-0.15, -0.1) is 0 Å². The van der Waals surface area contributed by atoms with Crippen molar-refractivity contribution >= 4 is 49.8 Å². The molecular formula is C23H22N2O6S. The molecule has 166 valence electrons. The lowest BCUT2D eigenvalue weighted by molar-refractivity contribution is -0.146. The number of ether oxygens (including phenoxy) is 1. The van der Waals surface area contributed by atoms with Crippen LogP contribution in [0.4, 0.5) is 11.4 Å². The van der Waals surface area contributed by atoms with E-state index in [1.54, 1.807) is 12.1 Å². The van der Waals surface area contributed by atoms with Crippen LogP contribution in [0.25, 0.3) is 10.8 Å². The van der Waals surface area contributed by atoms with Crippen molar-refractivity contribution in [1.29, 1.82) is 0 Å². The molecule has 0 aliphatic carbocycles. The second-order valence-electron chi connectivity index (χ2n) is 7.01. The highest BCUT2D eigenvalue weighted by Gasteiger charge is 2.18. The number of carbonyl (C=O) groups excluding carboxylic acids is 3. The highest BCUT2D eigenvalue weighted by atomic mass is 32.2. The van der Waals surface area contributed by atoms with E-state index >= 15 is 0 Å². The largest absolute Gasteiger partial charge is 0.456 e. The Bertz CT molecular complexity index is 1250. The van der Waals surface area contributed by atoms with Gasteiger partial charge in [0.05, 0.1) is 17.1 Å². The van der Waals surface area contributed by atoms with Crippen molar-refractivity contribution in [3.63, 3.8) is 0 Å². The molecule has 0 saturated heterocycles. The molecule has 0 saturated carbocycles. The minimum Gasteiger partial charge on any atom is -0.456 e. The average molecular weight is 455 g/mol. The molecule has 0 spiro atoms. The first-order valence-corrected chi connectivity index (χ1v) is 11.4. The Labute approximate surface area is 185 Å². The molecule has 3 aromatic rings. The van der Waals surface area contributed by atoms with Gasteiger partial charge in [-0.25, -0.2) is 8.42 Å². The van der Waals surface area contributed by atoms with Crippen LogP contribution in [0.3, 0.4) is 0 Å². The van der Waals surface area contributed by atoms with Crippen LogP contribution >= 0.6 is 0 Å². The van der Waals surface area contributed by atoms with E-state index in [1.807, 2.05) is 30.3 Å². The van der Waals surface area contributed by atoms with E-state index in [9.17, 15) is 22.8 Å². The summed E-state index contributed by atoms with van der Waals surface area (Å²) < 4.78 is 29.7. The van der Waals surface area contributed by atoms with Crippen molar-refractivity contribution in [2.24, 2.45) is 0 Å². The minimum atomic E-state index is -3.73. The maximum absolute atomic E-state index is 12.4. The fourth-order valence-electron chi connectivity index (χ4n) is 3.02. The molecule has 0 radical (unpaired) electrons. The summed E-state index contributed by atoms with van der Waals surface area (Å²) in [6.45, 7) is 0.825. The van der Waals surface area contributed by atoms with Crippen molar-refractivity contribution in [3.05, 3.63) is 66.7 Å². The molecule has 0 heterocycles. The molecule has 0 aliphatic rings. The van der Waals surface area contributed by atoms with Gasteiger partial charge in [0.25, 0.3) is 5.91 Å². The van der Waals surface area contributed by atoms with E-state index in [0.717, 1.165) is 10.8 Å². The van der Waals surface area contributed by atoms with Gasteiger partial charge in [-0.2, -0.15) is 0 Å². The molecule has 32 heavy (non-hydrogen) atoms. The summed E-state index contributed by atoms with van der Waals surface area (Å²) in [5.74, 6) is -2.05. The molecule has 0 unspecified atom stereocenters. The van der Waals surface area contributed by atoms with Gasteiger partial charge in [0, 0.05) is 23.7 Å². The van der Waals surface area contributed by atoms with Crippen LogP contribution in [0.5, 0.6) is 0 Å². The topological polar surface area (TPSA) is 119 Å². The molecule has 2 amide bonds. The summed E-state index contributed by atoms with van der Waals surface area (Å²) in [5, 5.41) is 7.04. The van der Waals surface area contributed by atoms with Crippen LogP contribution in [-0.4, -0.2) is 38.6 Å². The third kappa shape index (κ3) is 6.14. The van der Waals surface area contributed by atoms with Gasteiger partial charge in [0.1, 0.15) is 0 Å². The van der Waals surface area contributed by atoms with Gasteiger partial charge in [-0.3, -0.25) is 14.4 Å². The zero-order valence-electron chi connectivity index (χ0n) is 17.3. The minimum absolute atomic E-state index is 0.0214. The first-order chi connectivity index (χ1) is 15.2. The highest BCUT2D eigenvalue weighted by Crippen LogP contribution is 2.22. The van der Waals surface area contributed by atoms with Crippen LogP contribution in [0.1, 0.15) is 13.3 Å². The fourth-order valence-corrected chi connectivity index (χ4v) is 4.25. The van der Waals surface area contributed by atoms with Crippen LogP contribution in [-0.2, 0) is 29.0 Å². The standard InChI is InChI=1S/C23H22N2O6S/c1-16(26)24-18-9-11-19(12-10-18)32(29,30)14-13-23(28)31-15-22(27)25-21-8-4-6-17-5-2-3-7-20(17)21/h2-12H,13-15H2,1H3,(H,24,26)(H,25,27). The molecular weight excluding hydrogens is 432 g/mol. The van der Waals surface area contributed by atoms with Crippen molar-refractivity contribution in [1.82, 2.24) is 0 Å². The molecule has 0 atom stereocenters. The number of fused-ring (bicyclic) bond motifs is 1. The Kier molecular flexibility index (Phi) is 7.21. The molecule has 3 aromatic carbocycles. The van der Waals surface area contributed by atoms with Gasteiger partial charge >= 0.3 is 5.97 Å². The van der Waals surface area contributed by atoms with Crippen LogP contribution in [0, 0.1) is 0 Å². The first kappa shape index (κ1) is 23.0. The molecule has 0 aliphatic heterocycles. The molecule has 2 N–H and O–H groups in total. The predicted octanol–water partition coefficient (Wildman–Crippen LogP) is 3.14. The summed E-state index contributed by atoms with van der Waals surface area (Å²) in [7, 11) is -3.73. The SMILES string of the molecule is CC(=O)Nc1ccc(S(=O)(=O)CCC(=O)OCC(=O)Nc2cccc3ccccc23)cc1. The maximum Gasteiger partial charge on any atom is 0.307 e. The Balaban J connectivity index is 1.50. The number of esters is 1. The lowest BCUT2D eigenvalue weighted by atomic mass is 10.1. The van der Waals surface area contributed by atoms with Gasteiger partial charge in [-0.05, 0) is 35.7 Å². The van der Waals surface area contributed by atoms with Crippen molar-refractivity contribution in [3.8, 4) is 0 Å². The van der Waals surface area contributed by atoms with Crippen molar-refractivity contribution in [2.45, 2.75) is 18.2 Å². The smallest absolute Gasteiger partial charge is 0.307 e. The number of benzene rings is 3. The maximum atomic E-state index is 12.4. The zero-order chi connectivity index (χ0) is 23.1. The van der Waals surface area contributed by atoms with Crippen LogP contribution in [0.2, 0.25) is 0 Å². The Morgan fingerprint density at radius 2 is 1.56 bits per heavy atom. The number of sulfone groups is 1. The third-order valence-corrected chi connectivity index (χ3v) is 6.27. The summed E-state index contributed by atoms with van der Waals surface area (Å²) in [6, 6.07) is 18.6. The molecule has 0 aromatic heterocycles. The zero-order valence-corrected chi connectivity index (χ0v) is 18.1. The second kappa shape index (κ2) is 10.1. The number of nitrogens with one attached hydrogen (secondary N) is 2. The number of hydrogen-bond acceptors (Lipinski definition) is 6. The molecule has 9 heteroatoms. The number of hydrogen-bond donors (Lipinski definition) is 2. The fraction of sp³-hybridized carbons (Fsp3) is 0.174. The van der Waals surface area contributed by atoms with Crippen LogP contribution < -0.4 is 10.6 Å². The summed E-state index contributed by atoms with van der Waals surface area (Å²) >= 11 is 0. The predicted molar refractivity (Wildman–Crippen MR) is 121 cm³/mol.